The topological polar surface area (TPSA) is 93.7 Å². The van der Waals surface area contributed by atoms with Crippen LogP contribution in [0.2, 0.25) is 0 Å². The van der Waals surface area contributed by atoms with Crippen LogP contribution in [0.25, 0.3) is 10.8 Å². The van der Waals surface area contributed by atoms with Crippen LogP contribution in [0.4, 0.5) is 5.69 Å². The van der Waals surface area contributed by atoms with E-state index in [9.17, 15) is 13.2 Å². The molecule has 0 aliphatic carbocycles. The summed E-state index contributed by atoms with van der Waals surface area (Å²) in [6.07, 6.45) is 0.0105. The van der Waals surface area contributed by atoms with E-state index in [0.717, 1.165) is 10.8 Å². The van der Waals surface area contributed by atoms with E-state index >= 15 is 0 Å². The summed E-state index contributed by atoms with van der Waals surface area (Å²) in [6.45, 7) is 0.790. The van der Waals surface area contributed by atoms with E-state index in [4.69, 9.17) is 9.47 Å². The second-order valence-corrected chi connectivity index (χ2v) is 8.33. The number of benzene rings is 3. The minimum Gasteiger partial charge on any atom is -0.486 e. The molecular formula is C21H20N2O5S. The van der Waals surface area contributed by atoms with Crippen molar-refractivity contribution < 1.29 is 22.7 Å². The summed E-state index contributed by atoms with van der Waals surface area (Å²) in [5, 5.41) is 4.89. The first-order chi connectivity index (χ1) is 14.0. The zero-order chi connectivity index (χ0) is 20.3. The average molecular weight is 412 g/mol. The van der Waals surface area contributed by atoms with Gasteiger partial charge in [-0.05, 0) is 35.0 Å². The molecule has 0 saturated heterocycles. The molecule has 150 valence electrons. The monoisotopic (exact) mass is 412 g/mol. The number of fused-ring (bicyclic) bond motifs is 2. The van der Waals surface area contributed by atoms with Crippen LogP contribution in [0.15, 0.2) is 65.6 Å². The van der Waals surface area contributed by atoms with E-state index in [-0.39, 0.29) is 23.8 Å². The number of rotatable bonds is 6. The van der Waals surface area contributed by atoms with E-state index in [0.29, 0.717) is 30.4 Å². The molecule has 0 unspecified atom stereocenters. The maximum Gasteiger partial charge on any atom is 0.240 e. The van der Waals surface area contributed by atoms with Gasteiger partial charge in [0.1, 0.15) is 13.2 Å². The molecule has 8 heteroatoms. The lowest BCUT2D eigenvalue weighted by Crippen LogP contribution is -2.28. The van der Waals surface area contributed by atoms with Crippen LogP contribution in [-0.4, -0.2) is 34.1 Å². The third kappa shape index (κ3) is 4.49. The molecule has 1 aliphatic rings. The van der Waals surface area contributed by atoms with Crippen molar-refractivity contribution in [1.82, 2.24) is 4.72 Å². The van der Waals surface area contributed by atoms with E-state index in [1.807, 2.05) is 42.5 Å². The van der Waals surface area contributed by atoms with Gasteiger partial charge in [0.25, 0.3) is 0 Å². The number of sulfonamides is 1. The Morgan fingerprint density at radius 3 is 2.48 bits per heavy atom. The lowest BCUT2D eigenvalue weighted by molar-refractivity contribution is -0.116. The summed E-state index contributed by atoms with van der Waals surface area (Å²) in [7, 11) is -3.76. The van der Waals surface area contributed by atoms with Crippen LogP contribution in [-0.2, 0) is 14.8 Å². The number of hydrogen-bond acceptors (Lipinski definition) is 5. The first-order valence-corrected chi connectivity index (χ1v) is 10.7. The Kier molecular flexibility index (Phi) is 5.37. The number of amides is 1. The summed E-state index contributed by atoms with van der Waals surface area (Å²) < 4.78 is 38.2. The molecule has 0 spiro atoms. The Bertz CT molecular complexity index is 1160. The summed E-state index contributed by atoms with van der Waals surface area (Å²) in [5.41, 5.74) is 0.670. The van der Waals surface area contributed by atoms with Crippen LogP contribution in [0.3, 0.4) is 0 Å². The van der Waals surface area contributed by atoms with E-state index in [2.05, 4.69) is 10.0 Å². The van der Waals surface area contributed by atoms with Crippen LogP contribution in [0.5, 0.6) is 11.5 Å². The molecule has 2 N–H and O–H groups in total. The number of carbonyl (C=O) groups excluding carboxylic acids is 1. The first-order valence-electron chi connectivity index (χ1n) is 9.19. The predicted octanol–water partition coefficient (Wildman–Crippen LogP) is 2.92. The van der Waals surface area contributed by atoms with Gasteiger partial charge in [-0.15, -0.1) is 0 Å². The Labute approximate surface area is 168 Å². The second kappa shape index (κ2) is 8.10. The van der Waals surface area contributed by atoms with E-state index in [1.54, 1.807) is 6.07 Å². The largest absolute Gasteiger partial charge is 0.486 e. The Morgan fingerprint density at radius 1 is 0.897 bits per heavy atom. The van der Waals surface area contributed by atoms with Gasteiger partial charge in [0.2, 0.25) is 15.9 Å². The maximum absolute atomic E-state index is 12.5. The fourth-order valence-electron chi connectivity index (χ4n) is 3.06. The highest BCUT2D eigenvalue weighted by Gasteiger charge is 2.19. The van der Waals surface area contributed by atoms with Gasteiger partial charge in [0.15, 0.2) is 11.5 Å². The van der Waals surface area contributed by atoms with Crippen molar-refractivity contribution in [2.45, 2.75) is 11.3 Å². The van der Waals surface area contributed by atoms with Crippen molar-refractivity contribution in [3.63, 3.8) is 0 Å². The van der Waals surface area contributed by atoms with Gasteiger partial charge in [-0.2, -0.15) is 0 Å². The van der Waals surface area contributed by atoms with Crippen molar-refractivity contribution >= 4 is 32.4 Å². The van der Waals surface area contributed by atoms with Crippen molar-refractivity contribution in [2.24, 2.45) is 0 Å². The fourth-order valence-corrected chi connectivity index (χ4v) is 4.11. The maximum atomic E-state index is 12.5. The molecule has 0 saturated carbocycles. The SMILES string of the molecule is O=C(CCNS(=O)(=O)c1ccc2c(c1)OCCO2)Nc1ccc2ccccc2c1. The summed E-state index contributed by atoms with van der Waals surface area (Å²) in [5.74, 6) is 0.642. The molecular weight excluding hydrogens is 392 g/mol. The first kappa shape index (κ1) is 19.2. The van der Waals surface area contributed by atoms with Crippen LogP contribution >= 0.6 is 0 Å². The molecule has 1 heterocycles. The number of anilines is 1. The highest BCUT2D eigenvalue weighted by molar-refractivity contribution is 7.89. The highest BCUT2D eigenvalue weighted by atomic mass is 32.2. The van der Waals surface area contributed by atoms with Gasteiger partial charge in [0, 0.05) is 24.7 Å². The van der Waals surface area contributed by atoms with Gasteiger partial charge in [-0.3, -0.25) is 4.79 Å². The van der Waals surface area contributed by atoms with Gasteiger partial charge in [-0.25, -0.2) is 13.1 Å². The zero-order valence-corrected chi connectivity index (χ0v) is 16.4. The van der Waals surface area contributed by atoms with Crippen LogP contribution in [0.1, 0.15) is 6.42 Å². The molecule has 4 rings (SSSR count). The molecule has 1 amide bonds. The molecule has 7 nitrogen and oxygen atoms in total. The molecule has 0 bridgehead atoms. The molecule has 0 fully saturated rings. The molecule has 0 atom stereocenters. The summed E-state index contributed by atoms with van der Waals surface area (Å²) >= 11 is 0. The lowest BCUT2D eigenvalue weighted by Gasteiger charge is -2.18. The standard InChI is InChI=1S/C21H20N2O5S/c24-21(23-17-6-5-15-3-1-2-4-16(15)13-17)9-10-22-29(25,26)18-7-8-19-20(14-18)28-12-11-27-19/h1-8,13-14,22H,9-12H2,(H,23,24). The van der Waals surface area contributed by atoms with Crippen LogP contribution < -0.4 is 19.5 Å². The minimum atomic E-state index is -3.76. The Balaban J connectivity index is 1.34. The van der Waals surface area contributed by atoms with E-state index in [1.165, 1.54) is 12.1 Å². The smallest absolute Gasteiger partial charge is 0.240 e. The Hall–Kier alpha value is -3.10. The molecule has 1 aliphatic heterocycles. The predicted molar refractivity (Wildman–Crippen MR) is 110 cm³/mol. The normalized spacial score (nSPS) is 13.2. The van der Waals surface area contributed by atoms with Gasteiger partial charge >= 0.3 is 0 Å². The molecule has 0 radical (unpaired) electrons. The highest BCUT2D eigenvalue weighted by Crippen LogP contribution is 2.32. The summed E-state index contributed by atoms with van der Waals surface area (Å²) in [6, 6.07) is 17.9. The quantitative estimate of drug-likeness (QED) is 0.649. The average Bonchev–Trinajstić information content (AvgIpc) is 2.73. The molecule has 3 aromatic carbocycles. The van der Waals surface area contributed by atoms with Crippen molar-refractivity contribution in [3.8, 4) is 11.5 Å². The number of ether oxygens (including phenoxy) is 2. The Morgan fingerprint density at radius 2 is 1.66 bits per heavy atom. The molecule has 3 aromatic rings. The van der Waals surface area contributed by atoms with Gasteiger partial charge < -0.3 is 14.8 Å². The van der Waals surface area contributed by atoms with Gasteiger partial charge in [-0.1, -0.05) is 30.3 Å². The third-order valence-corrected chi connectivity index (χ3v) is 5.96. The molecule has 29 heavy (non-hydrogen) atoms. The minimum absolute atomic E-state index is 0.0105. The zero-order valence-electron chi connectivity index (χ0n) is 15.6. The van der Waals surface area contributed by atoms with Crippen molar-refractivity contribution in [3.05, 3.63) is 60.7 Å². The summed E-state index contributed by atoms with van der Waals surface area (Å²) in [4.78, 5) is 12.2. The number of nitrogens with one attached hydrogen (secondary N) is 2. The molecule has 0 aromatic heterocycles. The third-order valence-electron chi connectivity index (χ3n) is 4.50. The number of hydrogen-bond donors (Lipinski definition) is 2. The van der Waals surface area contributed by atoms with Gasteiger partial charge in [0.05, 0.1) is 4.90 Å². The fraction of sp³-hybridized carbons (Fsp3) is 0.190. The van der Waals surface area contributed by atoms with E-state index < -0.39 is 10.0 Å². The second-order valence-electron chi connectivity index (χ2n) is 6.56. The lowest BCUT2D eigenvalue weighted by atomic mass is 10.1. The van der Waals surface area contributed by atoms with Crippen molar-refractivity contribution in [2.75, 3.05) is 25.1 Å². The number of carbonyl (C=O) groups is 1. The van der Waals surface area contributed by atoms with Crippen LogP contribution in [0, 0.1) is 0 Å². The van der Waals surface area contributed by atoms with Crippen molar-refractivity contribution in [1.29, 1.82) is 0 Å².